The first-order chi connectivity index (χ1) is 7.31. The van der Waals surface area contributed by atoms with Gasteiger partial charge in [-0.15, -0.1) is 10.2 Å². The Bertz CT molecular complexity index is 446. The van der Waals surface area contributed by atoms with Crippen LogP contribution in [0.25, 0.3) is 0 Å². The van der Waals surface area contributed by atoms with Gasteiger partial charge in [0.15, 0.2) is 0 Å². The molecule has 0 spiro atoms. The van der Waals surface area contributed by atoms with Gasteiger partial charge in [0.2, 0.25) is 0 Å². The molecule has 8 heteroatoms. The first-order valence-corrected chi connectivity index (χ1v) is 4.38. The van der Waals surface area contributed by atoms with E-state index in [2.05, 4.69) is 36.1 Å². The zero-order valence-corrected chi connectivity index (χ0v) is 7.98. The van der Waals surface area contributed by atoms with Crippen LogP contribution in [0.5, 0.6) is 0 Å². The molecular weight excluding hydrogens is 198 g/mol. The number of aromatic nitrogens is 6. The number of amides is 1. The van der Waals surface area contributed by atoms with E-state index in [9.17, 15) is 4.79 Å². The average molecular weight is 207 g/mol. The number of hydrogen-bond acceptors (Lipinski definition) is 5. The Morgan fingerprint density at radius 2 is 2.47 bits per heavy atom. The van der Waals surface area contributed by atoms with Crippen LogP contribution in [0.2, 0.25) is 0 Å². The summed E-state index contributed by atoms with van der Waals surface area (Å²) in [6, 6.07) is 0. The highest BCUT2D eigenvalue weighted by Crippen LogP contribution is 2.11. The summed E-state index contributed by atoms with van der Waals surface area (Å²) in [7, 11) is 0. The molecule has 8 nitrogen and oxygen atoms in total. The third-order valence-corrected chi connectivity index (χ3v) is 1.89. The van der Waals surface area contributed by atoms with Gasteiger partial charge in [0.25, 0.3) is 11.7 Å². The van der Waals surface area contributed by atoms with Crippen molar-refractivity contribution in [1.29, 1.82) is 0 Å². The van der Waals surface area contributed by atoms with Gasteiger partial charge >= 0.3 is 0 Å². The molecule has 78 valence electrons. The largest absolute Gasteiger partial charge is 0.304 e. The van der Waals surface area contributed by atoms with Crippen molar-refractivity contribution in [3.63, 3.8) is 0 Å². The third-order valence-electron chi connectivity index (χ3n) is 1.89. The molecule has 2 aromatic rings. The Hall–Kier alpha value is -2.25. The molecule has 0 saturated carbocycles. The van der Waals surface area contributed by atoms with Crippen molar-refractivity contribution in [3.05, 3.63) is 17.6 Å². The van der Waals surface area contributed by atoms with Gasteiger partial charge in [0.1, 0.15) is 5.82 Å². The molecule has 2 heterocycles. The van der Waals surface area contributed by atoms with Crippen LogP contribution < -0.4 is 5.32 Å². The number of tetrazole rings is 1. The number of carbonyl (C=O) groups excluding carboxylic acids is 1. The molecule has 2 aromatic heterocycles. The standard InChI is InChI=1S/C7H9N7O/c1-2-4-3-8-10-5(4)9-7(15)6-11-13-14-12-6/h3H,2H2,1H3,(H2,8,9,10,15)(H,11,12,13,14). The molecule has 0 radical (unpaired) electrons. The number of rotatable bonds is 3. The molecule has 0 aliphatic heterocycles. The maximum Gasteiger partial charge on any atom is 0.298 e. The predicted octanol–water partition coefficient (Wildman–Crippen LogP) is -0.263. The SMILES string of the molecule is CCc1cn[nH]c1NC(=O)c1nn[nH]n1. The molecule has 3 N–H and O–H groups in total. The molecule has 0 unspecified atom stereocenters. The van der Waals surface area contributed by atoms with E-state index in [1.165, 1.54) is 0 Å². The maximum atomic E-state index is 11.5. The minimum atomic E-state index is -0.428. The summed E-state index contributed by atoms with van der Waals surface area (Å²) >= 11 is 0. The Morgan fingerprint density at radius 1 is 1.60 bits per heavy atom. The van der Waals surface area contributed by atoms with Crippen LogP contribution in [0.3, 0.4) is 0 Å². The zero-order valence-electron chi connectivity index (χ0n) is 7.98. The van der Waals surface area contributed by atoms with Crippen LogP contribution >= 0.6 is 0 Å². The van der Waals surface area contributed by atoms with Gasteiger partial charge in [-0.05, 0) is 11.6 Å². The number of aryl methyl sites for hydroxylation is 1. The summed E-state index contributed by atoms with van der Waals surface area (Å²) in [6.07, 6.45) is 2.43. The van der Waals surface area contributed by atoms with Crippen LogP contribution in [-0.2, 0) is 6.42 Å². The fourth-order valence-corrected chi connectivity index (χ4v) is 1.11. The van der Waals surface area contributed by atoms with Gasteiger partial charge in [-0.3, -0.25) is 9.89 Å². The summed E-state index contributed by atoms with van der Waals surface area (Å²) in [6.45, 7) is 1.97. The van der Waals surface area contributed by atoms with Crippen LogP contribution in [0.1, 0.15) is 23.1 Å². The van der Waals surface area contributed by atoms with Gasteiger partial charge in [0, 0.05) is 5.56 Å². The maximum absolute atomic E-state index is 11.5. The van der Waals surface area contributed by atoms with Crippen LogP contribution in [0.4, 0.5) is 5.82 Å². The van der Waals surface area contributed by atoms with Crippen LogP contribution in [0.15, 0.2) is 6.20 Å². The highest BCUT2D eigenvalue weighted by atomic mass is 16.2. The smallest absolute Gasteiger partial charge is 0.298 e. The molecule has 0 aliphatic rings. The molecule has 0 aliphatic carbocycles. The molecule has 0 fully saturated rings. The molecule has 0 bridgehead atoms. The molecule has 2 rings (SSSR count). The Kier molecular flexibility index (Phi) is 2.40. The van der Waals surface area contributed by atoms with Gasteiger partial charge in [-0.2, -0.15) is 10.3 Å². The minimum absolute atomic E-state index is 0.00773. The van der Waals surface area contributed by atoms with E-state index in [1.807, 2.05) is 6.92 Å². The lowest BCUT2D eigenvalue weighted by molar-refractivity contribution is 0.101. The van der Waals surface area contributed by atoms with Gasteiger partial charge < -0.3 is 5.32 Å². The van der Waals surface area contributed by atoms with Crippen molar-refractivity contribution >= 4 is 11.7 Å². The highest BCUT2D eigenvalue weighted by Gasteiger charge is 2.13. The Labute approximate surface area is 84.5 Å². The summed E-state index contributed by atoms with van der Waals surface area (Å²) in [5.41, 5.74) is 0.923. The summed E-state index contributed by atoms with van der Waals surface area (Å²) in [5, 5.41) is 21.7. The van der Waals surface area contributed by atoms with Crippen molar-refractivity contribution < 1.29 is 4.79 Å². The highest BCUT2D eigenvalue weighted by molar-refractivity contribution is 6.01. The van der Waals surface area contributed by atoms with Crippen molar-refractivity contribution in [2.24, 2.45) is 0 Å². The normalized spacial score (nSPS) is 10.2. The van der Waals surface area contributed by atoms with Gasteiger partial charge in [-0.25, -0.2) is 0 Å². The lowest BCUT2D eigenvalue weighted by atomic mass is 10.2. The van der Waals surface area contributed by atoms with Crippen molar-refractivity contribution in [1.82, 2.24) is 30.8 Å². The number of hydrogen-bond donors (Lipinski definition) is 3. The topological polar surface area (TPSA) is 112 Å². The summed E-state index contributed by atoms with van der Waals surface area (Å²) in [5.74, 6) is 0.127. The van der Waals surface area contributed by atoms with Crippen LogP contribution in [0, 0.1) is 0 Å². The Morgan fingerprint density at radius 3 is 3.13 bits per heavy atom. The van der Waals surface area contributed by atoms with E-state index in [0.717, 1.165) is 12.0 Å². The molecule has 15 heavy (non-hydrogen) atoms. The van der Waals surface area contributed by atoms with E-state index in [4.69, 9.17) is 0 Å². The fraction of sp³-hybridized carbons (Fsp3) is 0.286. The van der Waals surface area contributed by atoms with E-state index in [1.54, 1.807) is 6.20 Å². The van der Waals surface area contributed by atoms with E-state index >= 15 is 0 Å². The number of H-pyrrole nitrogens is 2. The van der Waals surface area contributed by atoms with Crippen molar-refractivity contribution in [2.75, 3.05) is 5.32 Å². The lowest BCUT2D eigenvalue weighted by Gasteiger charge is -2.00. The minimum Gasteiger partial charge on any atom is -0.304 e. The lowest BCUT2D eigenvalue weighted by Crippen LogP contribution is -2.15. The van der Waals surface area contributed by atoms with E-state index < -0.39 is 5.91 Å². The first kappa shape index (κ1) is 9.31. The third kappa shape index (κ3) is 1.82. The average Bonchev–Trinajstić information content (AvgIpc) is 2.87. The second-order valence-corrected chi connectivity index (χ2v) is 2.81. The number of nitrogens with one attached hydrogen (secondary N) is 3. The van der Waals surface area contributed by atoms with Crippen molar-refractivity contribution in [3.8, 4) is 0 Å². The number of anilines is 1. The summed E-state index contributed by atoms with van der Waals surface area (Å²) in [4.78, 5) is 11.5. The first-order valence-electron chi connectivity index (χ1n) is 4.38. The van der Waals surface area contributed by atoms with Gasteiger partial charge in [0.05, 0.1) is 6.20 Å². The summed E-state index contributed by atoms with van der Waals surface area (Å²) < 4.78 is 0. The fourth-order valence-electron chi connectivity index (χ4n) is 1.11. The second-order valence-electron chi connectivity index (χ2n) is 2.81. The van der Waals surface area contributed by atoms with Crippen LogP contribution in [-0.4, -0.2) is 36.7 Å². The molecular formula is C7H9N7O. The van der Waals surface area contributed by atoms with Crippen molar-refractivity contribution in [2.45, 2.75) is 13.3 Å². The quantitative estimate of drug-likeness (QED) is 0.641. The molecule has 1 amide bonds. The Balaban J connectivity index is 2.13. The molecule has 0 saturated heterocycles. The van der Waals surface area contributed by atoms with E-state index in [0.29, 0.717) is 5.82 Å². The number of carbonyl (C=O) groups is 1. The molecule has 0 aromatic carbocycles. The predicted molar refractivity (Wildman–Crippen MR) is 50.1 cm³/mol. The molecule has 0 atom stereocenters. The second kappa shape index (κ2) is 3.86. The van der Waals surface area contributed by atoms with E-state index in [-0.39, 0.29) is 5.82 Å². The number of aromatic amines is 2. The number of nitrogens with zero attached hydrogens (tertiary/aromatic N) is 4. The zero-order chi connectivity index (χ0) is 10.7. The monoisotopic (exact) mass is 207 g/mol. The van der Waals surface area contributed by atoms with Gasteiger partial charge in [-0.1, -0.05) is 6.92 Å².